The van der Waals surface area contributed by atoms with E-state index in [2.05, 4.69) is 61.0 Å². The summed E-state index contributed by atoms with van der Waals surface area (Å²) in [6, 6.07) is 9.26. The van der Waals surface area contributed by atoms with E-state index >= 15 is 0 Å². The third kappa shape index (κ3) is 3.60. The molecule has 2 rings (SSSR count). The van der Waals surface area contributed by atoms with E-state index in [1.54, 1.807) is 0 Å². The first-order valence-corrected chi connectivity index (χ1v) is 8.20. The van der Waals surface area contributed by atoms with Crippen LogP contribution in [0.25, 0.3) is 0 Å². The van der Waals surface area contributed by atoms with Crippen LogP contribution in [0.3, 0.4) is 0 Å². The van der Waals surface area contributed by atoms with Crippen LogP contribution < -0.4 is 0 Å². The molecule has 0 amide bonds. The Bertz CT molecular complexity index is 366. The first kappa shape index (κ1) is 14.1. The van der Waals surface area contributed by atoms with Crippen molar-refractivity contribution < 1.29 is 0 Å². The maximum Gasteiger partial charge on any atom is 0.0177 e. The van der Waals surface area contributed by atoms with Gasteiger partial charge in [0.2, 0.25) is 0 Å². The van der Waals surface area contributed by atoms with Gasteiger partial charge in [0.25, 0.3) is 0 Å². The summed E-state index contributed by atoms with van der Waals surface area (Å²) in [4.78, 5) is 0.721. The Morgan fingerprint density at radius 1 is 1.17 bits per heavy atom. The quantitative estimate of drug-likeness (QED) is 0.642. The van der Waals surface area contributed by atoms with Gasteiger partial charge >= 0.3 is 0 Å². The van der Waals surface area contributed by atoms with Crippen molar-refractivity contribution in [2.75, 3.05) is 0 Å². The lowest BCUT2D eigenvalue weighted by Crippen LogP contribution is -2.25. The maximum absolute atomic E-state index is 3.88. The highest BCUT2D eigenvalue weighted by atomic mass is 79.9. The first-order valence-electron chi connectivity index (χ1n) is 7.29. The molecule has 0 saturated heterocycles. The summed E-state index contributed by atoms with van der Waals surface area (Å²) in [5.41, 5.74) is 2.95. The number of hydrogen-bond donors (Lipinski definition) is 0. The summed E-state index contributed by atoms with van der Waals surface area (Å²) in [6.07, 6.45) is 5.34. The predicted molar refractivity (Wildman–Crippen MR) is 83.5 cm³/mol. The van der Waals surface area contributed by atoms with Gasteiger partial charge in [-0.1, -0.05) is 61.0 Å². The van der Waals surface area contributed by atoms with Crippen LogP contribution in [0.1, 0.15) is 57.1 Å². The maximum atomic E-state index is 3.88. The molecule has 18 heavy (non-hydrogen) atoms. The molecule has 100 valence electrons. The largest absolute Gasteiger partial charge is 0.0888 e. The highest BCUT2D eigenvalue weighted by Crippen LogP contribution is 2.35. The summed E-state index contributed by atoms with van der Waals surface area (Å²) in [6.45, 7) is 6.91. The van der Waals surface area contributed by atoms with Gasteiger partial charge in [-0.2, -0.15) is 0 Å². The standard InChI is InChI=1S/C17H25Br/c1-12(2)15-7-5-14(6-8-15)11-16-10-13(3)4-9-17(16)18/h5-8,12-13,16-17H,4,9-11H2,1-3H3. The second kappa shape index (κ2) is 6.23. The van der Waals surface area contributed by atoms with E-state index in [9.17, 15) is 0 Å². The highest BCUT2D eigenvalue weighted by molar-refractivity contribution is 9.09. The van der Waals surface area contributed by atoms with Crippen molar-refractivity contribution in [1.29, 1.82) is 0 Å². The molecule has 0 heterocycles. The van der Waals surface area contributed by atoms with Crippen LogP contribution in [0, 0.1) is 11.8 Å². The minimum absolute atomic E-state index is 0.637. The molecule has 1 aromatic carbocycles. The molecule has 0 spiro atoms. The van der Waals surface area contributed by atoms with Crippen molar-refractivity contribution in [2.45, 2.75) is 57.2 Å². The summed E-state index contributed by atoms with van der Waals surface area (Å²) in [5, 5.41) is 0. The molecule has 0 N–H and O–H groups in total. The third-order valence-electron chi connectivity index (χ3n) is 4.30. The molecule has 1 aromatic rings. The molecule has 0 aromatic heterocycles. The smallest absolute Gasteiger partial charge is 0.0177 e. The Morgan fingerprint density at radius 2 is 1.83 bits per heavy atom. The third-order valence-corrected chi connectivity index (χ3v) is 5.50. The Hall–Kier alpha value is -0.300. The van der Waals surface area contributed by atoms with Crippen LogP contribution in [0.5, 0.6) is 0 Å². The molecule has 0 aliphatic heterocycles. The second-order valence-electron chi connectivity index (χ2n) is 6.29. The molecule has 1 saturated carbocycles. The van der Waals surface area contributed by atoms with Crippen LogP contribution in [-0.4, -0.2) is 4.83 Å². The summed E-state index contributed by atoms with van der Waals surface area (Å²) in [7, 11) is 0. The van der Waals surface area contributed by atoms with E-state index in [-0.39, 0.29) is 0 Å². The molecule has 0 bridgehead atoms. The topological polar surface area (TPSA) is 0 Å². The Kier molecular flexibility index (Phi) is 4.89. The van der Waals surface area contributed by atoms with E-state index in [0.29, 0.717) is 5.92 Å². The summed E-state index contributed by atoms with van der Waals surface area (Å²) in [5.74, 6) is 2.36. The molecule has 0 nitrogen and oxygen atoms in total. The molecular weight excluding hydrogens is 284 g/mol. The predicted octanol–water partition coefficient (Wildman–Crippen LogP) is 5.55. The lowest BCUT2D eigenvalue weighted by atomic mass is 9.79. The van der Waals surface area contributed by atoms with E-state index in [1.807, 2.05) is 0 Å². The van der Waals surface area contributed by atoms with Crippen LogP contribution in [0.2, 0.25) is 0 Å². The molecule has 1 fully saturated rings. The zero-order chi connectivity index (χ0) is 13.1. The van der Waals surface area contributed by atoms with Gasteiger partial charge in [0.05, 0.1) is 0 Å². The van der Waals surface area contributed by atoms with E-state index in [0.717, 1.165) is 16.7 Å². The van der Waals surface area contributed by atoms with Gasteiger partial charge in [0.1, 0.15) is 0 Å². The fraction of sp³-hybridized carbons (Fsp3) is 0.647. The summed E-state index contributed by atoms with van der Waals surface area (Å²) < 4.78 is 0. The van der Waals surface area contributed by atoms with E-state index in [1.165, 1.54) is 36.8 Å². The van der Waals surface area contributed by atoms with Crippen LogP contribution >= 0.6 is 15.9 Å². The zero-order valence-electron chi connectivity index (χ0n) is 11.8. The Balaban J connectivity index is 1.99. The van der Waals surface area contributed by atoms with Crippen molar-refractivity contribution in [1.82, 2.24) is 0 Å². The van der Waals surface area contributed by atoms with E-state index in [4.69, 9.17) is 0 Å². The lowest BCUT2D eigenvalue weighted by Gasteiger charge is -2.31. The number of hydrogen-bond acceptors (Lipinski definition) is 0. The molecule has 0 radical (unpaired) electrons. The van der Waals surface area contributed by atoms with Crippen LogP contribution in [0.15, 0.2) is 24.3 Å². The summed E-state index contributed by atoms with van der Waals surface area (Å²) >= 11 is 3.88. The molecular formula is C17H25Br. The monoisotopic (exact) mass is 308 g/mol. The van der Waals surface area contributed by atoms with Gasteiger partial charge in [0.15, 0.2) is 0 Å². The average Bonchev–Trinajstić information content (AvgIpc) is 2.34. The van der Waals surface area contributed by atoms with Crippen molar-refractivity contribution in [3.63, 3.8) is 0 Å². The van der Waals surface area contributed by atoms with Crippen LogP contribution in [-0.2, 0) is 6.42 Å². The Morgan fingerprint density at radius 3 is 2.44 bits per heavy atom. The fourth-order valence-corrected chi connectivity index (χ4v) is 3.68. The van der Waals surface area contributed by atoms with Gasteiger partial charge in [-0.15, -0.1) is 0 Å². The minimum atomic E-state index is 0.637. The highest BCUT2D eigenvalue weighted by Gasteiger charge is 2.26. The molecule has 1 aliphatic carbocycles. The second-order valence-corrected chi connectivity index (χ2v) is 7.47. The van der Waals surface area contributed by atoms with E-state index < -0.39 is 0 Å². The number of benzene rings is 1. The zero-order valence-corrected chi connectivity index (χ0v) is 13.4. The van der Waals surface area contributed by atoms with Crippen molar-refractivity contribution >= 4 is 15.9 Å². The molecule has 3 atom stereocenters. The van der Waals surface area contributed by atoms with Crippen molar-refractivity contribution in [2.24, 2.45) is 11.8 Å². The SMILES string of the molecule is CC1CCC(Br)C(Cc2ccc(C(C)C)cc2)C1. The van der Waals surface area contributed by atoms with Crippen molar-refractivity contribution in [3.8, 4) is 0 Å². The normalized spacial score (nSPS) is 28.6. The van der Waals surface area contributed by atoms with Gasteiger partial charge in [-0.05, 0) is 54.6 Å². The Labute approximate surface area is 120 Å². The van der Waals surface area contributed by atoms with Gasteiger partial charge < -0.3 is 0 Å². The number of halogens is 1. The number of alkyl halides is 1. The molecule has 1 heteroatoms. The number of rotatable bonds is 3. The first-order chi connectivity index (χ1) is 8.56. The van der Waals surface area contributed by atoms with Crippen molar-refractivity contribution in [3.05, 3.63) is 35.4 Å². The van der Waals surface area contributed by atoms with Gasteiger partial charge in [0, 0.05) is 4.83 Å². The molecule has 3 unspecified atom stereocenters. The molecule has 1 aliphatic rings. The lowest BCUT2D eigenvalue weighted by molar-refractivity contribution is 0.294. The minimum Gasteiger partial charge on any atom is -0.0888 e. The van der Waals surface area contributed by atoms with Gasteiger partial charge in [-0.3, -0.25) is 0 Å². The average molecular weight is 309 g/mol. The van der Waals surface area contributed by atoms with Gasteiger partial charge in [-0.25, -0.2) is 0 Å². The fourth-order valence-electron chi connectivity index (χ4n) is 3.01. The van der Waals surface area contributed by atoms with Crippen LogP contribution in [0.4, 0.5) is 0 Å².